The Kier molecular flexibility index (Phi) is 20.8. The number of hydrogen-bond acceptors (Lipinski definition) is 27. The van der Waals surface area contributed by atoms with Crippen molar-refractivity contribution >= 4 is 17.9 Å². The molecule has 28 nitrogen and oxygen atoms in total. The average Bonchev–Trinajstić information content (AvgIpc) is 0.663. The van der Waals surface area contributed by atoms with Gasteiger partial charge >= 0.3 is 17.9 Å². The van der Waals surface area contributed by atoms with Crippen molar-refractivity contribution in [3.05, 3.63) is 34.9 Å². The van der Waals surface area contributed by atoms with E-state index in [9.17, 15) is 96.1 Å². The quantitative estimate of drug-likeness (QED) is 0.0360. The van der Waals surface area contributed by atoms with Gasteiger partial charge in [0.05, 0.1) is 49.7 Å². The van der Waals surface area contributed by atoms with Crippen LogP contribution in [0, 0.1) is 50.2 Å². The van der Waals surface area contributed by atoms with Gasteiger partial charge in [0.25, 0.3) is 0 Å². The van der Waals surface area contributed by atoms with Crippen LogP contribution in [0.1, 0.15) is 122 Å². The van der Waals surface area contributed by atoms with E-state index in [0.717, 1.165) is 5.57 Å². The first kappa shape index (κ1) is 73.0. The molecule has 16 N–H and O–H groups in total. The predicted molar refractivity (Wildman–Crippen MR) is 314 cm³/mol. The number of esters is 2. The lowest BCUT2D eigenvalue weighted by atomic mass is 9.32. The Bertz CT molecular complexity index is 2790. The molecule has 4 saturated carbocycles. The van der Waals surface area contributed by atoms with Crippen molar-refractivity contribution in [3.63, 3.8) is 0 Å². The summed E-state index contributed by atoms with van der Waals surface area (Å²) in [5, 5.41) is 184. The van der Waals surface area contributed by atoms with Gasteiger partial charge in [-0.3, -0.25) is 0 Å². The molecule has 8 fully saturated rings. The lowest BCUT2D eigenvalue weighted by Gasteiger charge is -2.73. The first-order valence-corrected chi connectivity index (χ1v) is 32.1. The molecule has 32 atom stereocenters. The molecule has 9 aliphatic rings. The zero-order valence-electron chi connectivity index (χ0n) is 54.2. The van der Waals surface area contributed by atoms with Crippen molar-refractivity contribution < 1.29 is 139 Å². The Morgan fingerprint density at radius 3 is 1.72 bits per heavy atom. The second kappa shape index (κ2) is 26.2. The summed E-state index contributed by atoms with van der Waals surface area (Å²) in [4.78, 5) is 41.4. The zero-order valence-corrected chi connectivity index (χ0v) is 54.2. The Hall–Kier alpha value is -3.25. The Morgan fingerprint density at radius 2 is 1.15 bits per heavy atom. The molecular weight excluding hydrogens is 1220 g/mol. The molecule has 524 valence electrons. The van der Waals surface area contributed by atoms with Crippen LogP contribution >= 0.6 is 0 Å². The molecule has 0 aromatic heterocycles. The summed E-state index contributed by atoms with van der Waals surface area (Å²) >= 11 is 0. The van der Waals surface area contributed by atoms with Crippen molar-refractivity contribution in [2.75, 3.05) is 19.8 Å². The van der Waals surface area contributed by atoms with Crippen LogP contribution < -0.4 is 0 Å². The van der Waals surface area contributed by atoms with Crippen LogP contribution in [-0.2, 0) is 57.0 Å². The minimum Gasteiger partial charge on any atom is -0.479 e. The van der Waals surface area contributed by atoms with Crippen molar-refractivity contribution in [1.82, 2.24) is 0 Å². The molecule has 28 heteroatoms. The topological polar surface area (TPSA) is 458 Å². The van der Waals surface area contributed by atoms with Crippen LogP contribution in [0.3, 0.4) is 0 Å². The number of aliphatic hydroxyl groups excluding tert-OH is 14. The summed E-state index contributed by atoms with van der Waals surface area (Å²) in [6.45, 7) is 18.8. The summed E-state index contributed by atoms with van der Waals surface area (Å²) in [5.74, 6) is -4.69. The van der Waals surface area contributed by atoms with E-state index in [-0.39, 0.29) is 35.8 Å². The number of hydrogen-bond donors (Lipinski definition) is 16. The maximum Gasteiger partial charge on any atom is 0.336 e. The standard InChI is InChI=1S/C64H100O28/c1-13-25(3)53(81)90-49-50(91-54(82)26(4)14-2)63(24-67)29(21-58(49,6)7)28-15-16-33-60(10)19-18-34(59(8,9)32(60)17-20-61(33,11)62(28,12)46(77)47(63)78)87-57-44(89-56-42(75)39(72)36(69)31(23-66)86-56)45(76)64(83,51(92-57)52(79)80)48-43(40(73)37(70)30(22-65)85-48)88-55-41(74)38(71)35(68)27(5)84-55/h13-15,27,29-51,55-57,65-78,83H,16-24H2,1-12H3,(H,79,80)/b25-13+,26-14-/t27-,29-,30+,31+,32-,33+,34-,35-,36+,37-,38+,39-,40-,41+,42+,43+,44+,45+,46-,47+,48+,49-,50-,51+,55-,56-,57+,60-,61+,62-,63-,64+/m0/s1. The molecule has 4 aliphatic heterocycles. The number of carbonyl (C=O) groups is 3. The fourth-order valence-corrected chi connectivity index (χ4v) is 18.3. The van der Waals surface area contributed by atoms with Crippen LogP contribution in [-0.4, -0.2) is 272 Å². The van der Waals surface area contributed by atoms with Gasteiger partial charge in [-0.05, 0) is 107 Å². The maximum atomic E-state index is 13.9. The summed E-state index contributed by atoms with van der Waals surface area (Å²) < 4.78 is 55.1. The van der Waals surface area contributed by atoms with Crippen LogP contribution in [0.5, 0.6) is 0 Å². The van der Waals surface area contributed by atoms with Gasteiger partial charge in [0.2, 0.25) is 0 Å². The lowest BCUT2D eigenvalue weighted by Crippen LogP contribution is -2.79. The first-order valence-electron chi connectivity index (χ1n) is 32.1. The smallest absolute Gasteiger partial charge is 0.336 e. The van der Waals surface area contributed by atoms with Gasteiger partial charge < -0.3 is 124 Å². The summed E-state index contributed by atoms with van der Waals surface area (Å²) in [6.07, 6.45) is -39.2. The molecule has 0 spiro atoms. The van der Waals surface area contributed by atoms with Crippen LogP contribution in [0.15, 0.2) is 34.9 Å². The molecule has 4 heterocycles. The van der Waals surface area contributed by atoms with Gasteiger partial charge in [-0.2, -0.15) is 0 Å². The number of allylic oxidation sites excluding steroid dienone is 3. The van der Waals surface area contributed by atoms with Gasteiger partial charge in [-0.1, -0.05) is 72.3 Å². The van der Waals surface area contributed by atoms with E-state index in [0.29, 0.717) is 25.7 Å². The zero-order chi connectivity index (χ0) is 68.4. The van der Waals surface area contributed by atoms with E-state index in [4.69, 9.17) is 42.6 Å². The van der Waals surface area contributed by atoms with Gasteiger partial charge in [0.15, 0.2) is 36.7 Å². The molecule has 9 rings (SSSR count). The molecule has 0 radical (unpaired) electrons. The molecule has 0 bridgehead atoms. The van der Waals surface area contributed by atoms with E-state index >= 15 is 0 Å². The summed E-state index contributed by atoms with van der Waals surface area (Å²) in [7, 11) is 0. The Labute approximate surface area is 534 Å². The Balaban J connectivity index is 1.07. The summed E-state index contributed by atoms with van der Waals surface area (Å²) in [6, 6.07) is 0. The molecule has 92 heavy (non-hydrogen) atoms. The highest BCUT2D eigenvalue weighted by Gasteiger charge is 2.77. The molecular formula is C64H100O28. The van der Waals surface area contributed by atoms with Crippen molar-refractivity contribution in [1.29, 1.82) is 0 Å². The second-order valence-electron chi connectivity index (χ2n) is 29.5. The third-order valence-corrected chi connectivity index (χ3v) is 24.2. The van der Waals surface area contributed by atoms with Gasteiger partial charge in [-0.25, -0.2) is 14.4 Å². The third-order valence-electron chi connectivity index (χ3n) is 24.2. The van der Waals surface area contributed by atoms with E-state index in [1.54, 1.807) is 39.8 Å². The minimum absolute atomic E-state index is 0.179. The molecule has 0 aromatic carbocycles. The number of rotatable bonds is 15. The maximum absolute atomic E-state index is 13.9. The van der Waals surface area contributed by atoms with Gasteiger partial charge in [-0.15, -0.1) is 0 Å². The van der Waals surface area contributed by atoms with Crippen molar-refractivity contribution in [2.24, 2.45) is 50.2 Å². The van der Waals surface area contributed by atoms with Crippen LogP contribution in [0.25, 0.3) is 0 Å². The highest BCUT2D eigenvalue weighted by molar-refractivity contribution is 5.89. The monoisotopic (exact) mass is 1320 g/mol. The molecule has 0 aromatic rings. The number of carbonyl (C=O) groups excluding carboxylic acids is 2. The van der Waals surface area contributed by atoms with Crippen LogP contribution in [0.2, 0.25) is 0 Å². The SMILES string of the molecule is C/C=C(/C)C(=O)O[C@H]1[C@H](OC(=O)/C(C)=C/C)C(C)(C)C[C@H]2C3=CC[C@@H]4[C@@]5(C)CC[C@H](O[C@@H]6O[C@H](C(=O)O)[C@](O)([C@@H]7O[C@H](CO)[C@H](O)[C@H](O)[C@H]7O[C@@H]7O[C@@H](C)[C@H](O)[C@@H](O)[C@H]7O)[C@H](O)[C@H]6O[C@@H]6O[C@H](CO)[C@@H](O)[C@H](O)[C@H]6O)C(C)(C)[C@@H]5CC[C@@]4(C)[C@]3(C)[C@@H](O)[C@@H](O)[C@]21CO. The largest absolute Gasteiger partial charge is 0.479 e. The van der Waals surface area contributed by atoms with Gasteiger partial charge in [0.1, 0.15) is 91.6 Å². The minimum atomic E-state index is -3.48. The number of ether oxygens (including phenoxy) is 9. The average molecular weight is 1320 g/mol. The predicted octanol–water partition coefficient (Wildman–Crippen LogP) is -2.14. The van der Waals surface area contributed by atoms with Gasteiger partial charge in [0, 0.05) is 22.0 Å². The number of fused-ring (bicyclic) bond motifs is 7. The number of carboxylic acids is 1. The van der Waals surface area contributed by atoms with Crippen LogP contribution in [0.4, 0.5) is 0 Å². The third kappa shape index (κ3) is 11.2. The van der Waals surface area contributed by atoms with E-state index in [2.05, 4.69) is 19.9 Å². The number of aliphatic hydroxyl groups is 15. The van der Waals surface area contributed by atoms with E-state index in [1.807, 2.05) is 34.6 Å². The highest BCUT2D eigenvalue weighted by atomic mass is 16.8. The lowest BCUT2D eigenvalue weighted by molar-refractivity contribution is -0.411. The normalized spacial score (nSPS) is 51.0. The van der Waals surface area contributed by atoms with Crippen molar-refractivity contribution in [3.8, 4) is 0 Å². The van der Waals surface area contributed by atoms with E-state index < -0.39 is 229 Å². The first-order chi connectivity index (χ1) is 42.8. The fourth-order valence-electron chi connectivity index (χ4n) is 18.3. The molecule has 5 aliphatic carbocycles. The summed E-state index contributed by atoms with van der Waals surface area (Å²) in [5.41, 5.74) is -8.51. The number of aliphatic carboxylic acids is 1. The Morgan fingerprint density at radius 1 is 0.609 bits per heavy atom. The van der Waals surface area contributed by atoms with Crippen molar-refractivity contribution in [2.45, 2.75) is 274 Å². The van der Waals surface area contributed by atoms with E-state index in [1.165, 1.54) is 6.92 Å². The highest BCUT2D eigenvalue weighted by Crippen LogP contribution is 2.76. The number of carboxylic acid groups (broad SMARTS) is 1. The second-order valence-corrected chi connectivity index (χ2v) is 29.5. The molecule has 4 saturated heterocycles. The molecule has 0 unspecified atom stereocenters. The fraction of sp³-hybridized carbons (Fsp3) is 0.859. The molecule has 0 amide bonds.